The van der Waals surface area contributed by atoms with Crippen molar-refractivity contribution < 1.29 is 19.6 Å². The van der Waals surface area contributed by atoms with Crippen LogP contribution >= 0.6 is 0 Å². The predicted molar refractivity (Wildman–Crippen MR) is 13.0 cm³/mol. The normalized spacial score (nSPS) is 6.25. The molecule has 0 atom stereocenters. The van der Waals surface area contributed by atoms with Crippen LogP contribution in [0.5, 0.6) is 0 Å². The van der Waals surface area contributed by atoms with Crippen molar-refractivity contribution in [2.75, 3.05) is 6.54 Å². The Morgan fingerprint density at radius 1 is 2.00 bits per heavy atom. The van der Waals surface area contributed by atoms with E-state index in [4.69, 9.17) is 0 Å². The molecule has 0 heterocycles. The number of rotatable bonds is 1. The van der Waals surface area contributed by atoms with E-state index < -0.39 is 0 Å². The third-order valence-corrected chi connectivity index (χ3v) is 1.06. The predicted octanol–water partition coefficient (Wildman–Crippen LogP) is 0.737. The molecule has 0 aromatic carbocycles. The fraction of sp³-hybridized carbons (Fsp3) is 1.00. The SMILES string of the molecule is CC[N]=[W]. The first-order valence-electron chi connectivity index (χ1n) is 1.21. The standard InChI is InChI=1S/C2H5N.W/c1-2-3;/h2H2,1H3;. The number of hydrogen-bond donors (Lipinski definition) is 0. The first kappa shape index (κ1) is 4.49. The van der Waals surface area contributed by atoms with Crippen LogP contribution in [-0.4, -0.2) is 6.54 Å². The van der Waals surface area contributed by atoms with Crippen molar-refractivity contribution in [1.82, 2.24) is 0 Å². The van der Waals surface area contributed by atoms with Gasteiger partial charge in [0.05, 0.1) is 0 Å². The minimum atomic E-state index is 0.981. The summed E-state index contributed by atoms with van der Waals surface area (Å²) < 4.78 is 3.82. The Balaban J connectivity index is 2.30. The summed E-state index contributed by atoms with van der Waals surface area (Å²) in [5.74, 6) is 0. The maximum atomic E-state index is 3.82. The molecule has 0 unspecified atom stereocenters. The van der Waals surface area contributed by atoms with Crippen molar-refractivity contribution in [2.45, 2.75) is 6.92 Å². The van der Waals surface area contributed by atoms with Crippen LogP contribution < -0.4 is 0 Å². The van der Waals surface area contributed by atoms with Gasteiger partial charge in [-0.05, 0) is 0 Å². The van der Waals surface area contributed by atoms with Crippen LogP contribution in [0.1, 0.15) is 6.92 Å². The van der Waals surface area contributed by atoms with Gasteiger partial charge >= 0.3 is 36.6 Å². The summed E-state index contributed by atoms with van der Waals surface area (Å²) in [5.41, 5.74) is 0. The van der Waals surface area contributed by atoms with Crippen LogP contribution in [0, 0.1) is 0 Å². The molecule has 0 radical (unpaired) electrons. The van der Waals surface area contributed by atoms with Crippen molar-refractivity contribution in [3.63, 3.8) is 0 Å². The monoisotopic (exact) mass is 227 g/mol. The molecule has 0 aliphatic rings. The van der Waals surface area contributed by atoms with Gasteiger partial charge in [0.15, 0.2) is 0 Å². The van der Waals surface area contributed by atoms with E-state index in [1.165, 1.54) is 19.6 Å². The molecule has 0 aliphatic heterocycles. The van der Waals surface area contributed by atoms with E-state index in [2.05, 4.69) is 3.50 Å². The van der Waals surface area contributed by atoms with Gasteiger partial charge < -0.3 is 0 Å². The molecule has 0 aromatic heterocycles. The van der Waals surface area contributed by atoms with E-state index in [1.807, 2.05) is 6.92 Å². The first-order chi connectivity index (χ1) is 1.91. The molecule has 0 saturated heterocycles. The second-order valence-electron chi connectivity index (χ2n) is 0.445. The molecular weight excluding hydrogens is 222 g/mol. The van der Waals surface area contributed by atoms with Gasteiger partial charge in [0.2, 0.25) is 0 Å². The van der Waals surface area contributed by atoms with E-state index in [0.717, 1.165) is 6.54 Å². The summed E-state index contributed by atoms with van der Waals surface area (Å²) in [6, 6.07) is 0. The Bertz CT molecular complexity index is 20.0. The summed E-state index contributed by atoms with van der Waals surface area (Å²) in [5, 5.41) is 0. The fourth-order valence-corrected chi connectivity index (χ4v) is 0. The Labute approximate surface area is 37.2 Å². The quantitative estimate of drug-likeness (QED) is 0.626. The van der Waals surface area contributed by atoms with Crippen LogP contribution in [0.3, 0.4) is 0 Å². The molecule has 0 N–H and O–H groups in total. The van der Waals surface area contributed by atoms with E-state index in [0.29, 0.717) is 0 Å². The van der Waals surface area contributed by atoms with Gasteiger partial charge in [-0.15, -0.1) is 0 Å². The van der Waals surface area contributed by atoms with E-state index in [9.17, 15) is 0 Å². The molecule has 0 fully saturated rings. The van der Waals surface area contributed by atoms with E-state index >= 15 is 0 Å². The molecule has 0 spiro atoms. The minimum absolute atomic E-state index is 0.981. The molecule has 0 aliphatic carbocycles. The zero-order valence-electron chi connectivity index (χ0n) is 2.56. The zero-order chi connectivity index (χ0) is 3.41. The summed E-state index contributed by atoms with van der Waals surface area (Å²) in [6.45, 7) is 3.02. The first-order valence-corrected chi connectivity index (χ1v) is 2.52. The summed E-state index contributed by atoms with van der Waals surface area (Å²) in [7, 11) is 0. The number of hydrogen-bond acceptors (Lipinski definition) is 1. The fourth-order valence-electron chi connectivity index (χ4n) is 0. The third-order valence-electron chi connectivity index (χ3n) is 0.129. The molecule has 2 heteroatoms. The van der Waals surface area contributed by atoms with Crippen molar-refractivity contribution >= 4 is 0 Å². The van der Waals surface area contributed by atoms with Gasteiger partial charge in [-0.1, -0.05) is 0 Å². The van der Waals surface area contributed by atoms with E-state index in [1.54, 1.807) is 0 Å². The van der Waals surface area contributed by atoms with Crippen LogP contribution in [0.25, 0.3) is 0 Å². The van der Waals surface area contributed by atoms with Crippen molar-refractivity contribution in [2.24, 2.45) is 3.50 Å². The average Bonchev–Trinajstić information content (AvgIpc) is 1.37. The van der Waals surface area contributed by atoms with Crippen molar-refractivity contribution in [1.29, 1.82) is 0 Å². The summed E-state index contributed by atoms with van der Waals surface area (Å²) in [4.78, 5) is 0. The molecular formula is C2H5NW. The zero-order valence-corrected chi connectivity index (χ0v) is 5.50. The second-order valence-corrected chi connectivity index (χ2v) is 1.37. The second kappa shape index (κ2) is 3.49. The van der Waals surface area contributed by atoms with Crippen molar-refractivity contribution in [3.05, 3.63) is 0 Å². The van der Waals surface area contributed by atoms with Gasteiger partial charge in [-0.25, -0.2) is 0 Å². The molecule has 0 rings (SSSR count). The van der Waals surface area contributed by atoms with Gasteiger partial charge in [-0.3, -0.25) is 0 Å². The van der Waals surface area contributed by atoms with Crippen molar-refractivity contribution in [3.8, 4) is 0 Å². The maximum absolute atomic E-state index is 3.82. The molecule has 0 amide bonds. The summed E-state index contributed by atoms with van der Waals surface area (Å²) >= 11 is 1.33. The van der Waals surface area contributed by atoms with Gasteiger partial charge in [0.1, 0.15) is 0 Å². The third kappa shape index (κ3) is 2.49. The molecule has 1 nitrogen and oxygen atoms in total. The van der Waals surface area contributed by atoms with Crippen LogP contribution in [0.2, 0.25) is 0 Å². The van der Waals surface area contributed by atoms with E-state index in [-0.39, 0.29) is 0 Å². The average molecular weight is 227 g/mol. The molecule has 4 heavy (non-hydrogen) atoms. The Morgan fingerprint density at radius 2 is 2.25 bits per heavy atom. The molecule has 0 bridgehead atoms. The van der Waals surface area contributed by atoms with Gasteiger partial charge in [0.25, 0.3) is 0 Å². The Hall–Kier alpha value is 0.488. The molecule has 0 saturated carbocycles. The van der Waals surface area contributed by atoms with Crippen LogP contribution in [0.4, 0.5) is 0 Å². The van der Waals surface area contributed by atoms with Gasteiger partial charge in [-0.2, -0.15) is 0 Å². The topological polar surface area (TPSA) is 12.4 Å². The summed E-state index contributed by atoms with van der Waals surface area (Å²) in [6.07, 6.45) is 0. The number of nitrogens with zero attached hydrogens (tertiary/aromatic N) is 1. The molecule has 24 valence electrons. The Kier molecular flexibility index (Phi) is 3.91. The molecule has 0 aromatic rings. The van der Waals surface area contributed by atoms with Crippen LogP contribution in [0.15, 0.2) is 3.50 Å². The van der Waals surface area contributed by atoms with Gasteiger partial charge in [0, 0.05) is 0 Å². The Morgan fingerprint density at radius 3 is 2.25 bits per heavy atom. The van der Waals surface area contributed by atoms with Crippen LogP contribution in [-0.2, 0) is 19.6 Å².